The Kier molecular flexibility index (Phi) is 5.79. The molecule has 1 unspecified atom stereocenters. The van der Waals surface area contributed by atoms with Gasteiger partial charge in [0, 0.05) is 11.1 Å². The maximum Gasteiger partial charge on any atom is 0.252 e. The van der Waals surface area contributed by atoms with Crippen molar-refractivity contribution < 1.29 is 14.3 Å². The zero-order chi connectivity index (χ0) is 18.4. The molecule has 1 amide bonds. The van der Waals surface area contributed by atoms with Crippen LogP contribution in [0.1, 0.15) is 34.6 Å². The quantitative estimate of drug-likeness (QED) is 0.801. The van der Waals surface area contributed by atoms with E-state index in [1.165, 1.54) is 6.92 Å². The average Bonchev–Trinajstić information content (AvgIpc) is 2.61. The molecule has 0 aromatic heterocycles. The van der Waals surface area contributed by atoms with Crippen LogP contribution < -0.4 is 10.1 Å². The summed E-state index contributed by atoms with van der Waals surface area (Å²) in [4.78, 5) is 23.6. The molecule has 25 heavy (non-hydrogen) atoms. The van der Waals surface area contributed by atoms with Crippen molar-refractivity contribution in [2.75, 3.05) is 6.61 Å². The third kappa shape index (κ3) is 4.82. The number of ether oxygens (including phenoxy) is 1. The highest BCUT2D eigenvalue weighted by atomic mass is 35.5. The summed E-state index contributed by atoms with van der Waals surface area (Å²) < 4.78 is 5.57. The Balaban J connectivity index is 2.06. The average molecular weight is 357 g/mol. The van der Waals surface area contributed by atoms with Gasteiger partial charge in [-0.1, -0.05) is 35.9 Å². The monoisotopic (exact) mass is 356 g/mol. The number of carbonyl (C=O) groups excluding carboxylic acids is 2. The van der Waals surface area contributed by atoms with E-state index in [1.807, 2.05) is 6.07 Å². The van der Waals surface area contributed by atoms with Crippen molar-refractivity contribution in [1.82, 2.24) is 5.32 Å². The van der Waals surface area contributed by atoms with Crippen molar-refractivity contribution in [1.29, 1.82) is 5.26 Å². The van der Waals surface area contributed by atoms with Crippen LogP contribution in [-0.4, -0.2) is 23.8 Å². The molecule has 0 bridgehead atoms. The van der Waals surface area contributed by atoms with Crippen molar-refractivity contribution >= 4 is 23.3 Å². The normalized spacial score (nSPS) is 12.6. The molecular weight excluding hydrogens is 340 g/mol. The Morgan fingerprint density at radius 2 is 1.76 bits per heavy atom. The molecule has 6 heteroatoms. The minimum Gasteiger partial charge on any atom is -0.488 e. The molecule has 5 nitrogen and oxygen atoms in total. The Hall–Kier alpha value is -2.84. The standard InChI is InChI=1S/C19H17ClN2O3/c1-13(23)14-7-9-15(10-8-14)18(24)22-19(2,11-21)12-25-17-6-4-3-5-16(17)20/h3-10H,12H2,1-2H3,(H,22,24). The van der Waals surface area contributed by atoms with Crippen LogP contribution in [-0.2, 0) is 0 Å². The van der Waals surface area contributed by atoms with Crippen molar-refractivity contribution in [2.45, 2.75) is 19.4 Å². The van der Waals surface area contributed by atoms with Crippen LogP contribution in [0.15, 0.2) is 48.5 Å². The first kappa shape index (κ1) is 18.5. The maximum absolute atomic E-state index is 12.3. The van der Waals surface area contributed by atoms with Crippen LogP contribution in [0.25, 0.3) is 0 Å². The molecule has 2 aromatic carbocycles. The second-order valence-corrected chi connectivity index (χ2v) is 6.16. The lowest BCUT2D eigenvalue weighted by molar-refractivity contribution is 0.0900. The summed E-state index contributed by atoms with van der Waals surface area (Å²) in [6, 6.07) is 15.2. The van der Waals surface area contributed by atoms with Gasteiger partial charge in [0.05, 0.1) is 11.1 Å². The Morgan fingerprint density at radius 3 is 2.32 bits per heavy atom. The molecule has 0 aliphatic heterocycles. The number of ketones is 1. The first-order chi connectivity index (χ1) is 11.8. The summed E-state index contributed by atoms with van der Waals surface area (Å²) in [5, 5.41) is 12.5. The summed E-state index contributed by atoms with van der Waals surface area (Å²) in [5.41, 5.74) is -0.374. The third-order valence-electron chi connectivity index (χ3n) is 3.54. The van der Waals surface area contributed by atoms with Gasteiger partial charge in [-0.05, 0) is 38.1 Å². The van der Waals surface area contributed by atoms with Crippen molar-refractivity contribution in [3.05, 3.63) is 64.7 Å². The first-order valence-corrected chi connectivity index (χ1v) is 7.94. The van der Waals surface area contributed by atoms with Gasteiger partial charge in [-0.3, -0.25) is 9.59 Å². The van der Waals surface area contributed by atoms with Gasteiger partial charge in [0.15, 0.2) is 11.3 Å². The van der Waals surface area contributed by atoms with E-state index in [1.54, 1.807) is 55.5 Å². The number of nitrogens with one attached hydrogen (secondary N) is 1. The highest BCUT2D eigenvalue weighted by Crippen LogP contribution is 2.24. The zero-order valence-electron chi connectivity index (χ0n) is 13.9. The third-order valence-corrected chi connectivity index (χ3v) is 3.86. The van der Waals surface area contributed by atoms with Gasteiger partial charge in [0.2, 0.25) is 0 Å². The number of benzene rings is 2. The van der Waals surface area contributed by atoms with Crippen LogP contribution in [0.5, 0.6) is 5.75 Å². The van der Waals surface area contributed by atoms with Gasteiger partial charge in [0.1, 0.15) is 12.4 Å². The Bertz CT molecular complexity index is 827. The van der Waals surface area contributed by atoms with E-state index < -0.39 is 11.4 Å². The topological polar surface area (TPSA) is 79.2 Å². The Morgan fingerprint density at radius 1 is 1.16 bits per heavy atom. The molecule has 0 spiro atoms. The number of para-hydroxylation sites is 1. The van der Waals surface area contributed by atoms with Crippen LogP contribution >= 0.6 is 11.6 Å². The van der Waals surface area contributed by atoms with Gasteiger partial charge in [-0.15, -0.1) is 0 Å². The molecule has 0 saturated carbocycles. The molecular formula is C19H17ClN2O3. The van der Waals surface area contributed by atoms with E-state index in [9.17, 15) is 14.9 Å². The molecule has 0 saturated heterocycles. The highest BCUT2D eigenvalue weighted by Gasteiger charge is 2.28. The van der Waals surface area contributed by atoms with Crippen LogP contribution in [0.3, 0.4) is 0 Å². The van der Waals surface area contributed by atoms with Gasteiger partial charge in [-0.2, -0.15) is 5.26 Å². The molecule has 1 atom stereocenters. The van der Waals surface area contributed by atoms with Crippen LogP contribution in [0.2, 0.25) is 5.02 Å². The molecule has 1 N–H and O–H groups in total. The fraction of sp³-hybridized carbons (Fsp3) is 0.211. The summed E-state index contributed by atoms with van der Waals surface area (Å²) >= 11 is 6.02. The molecule has 2 aromatic rings. The number of hydrogen-bond donors (Lipinski definition) is 1. The SMILES string of the molecule is CC(=O)c1ccc(C(=O)NC(C)(C#N)COc2ccccc2Cl)cc1. The number of nitrogens with zero attached hydrogens (tertiary/aromatic N) is 1. The van der Waals surface area contributed by atoms with E-state index >= 15 is 0 Å². The lowest BCUT2D eigenvalue weighted by Crippen LogP contribution is -2.49. The Labute approximate surface area is 151 Å². The lowest BCUT2D eigenvalue weighted by Gasteiger charge is -2.23. The molecule has 2 rings (SSSR count). The maximum atomic E-state index is 12.3. The van der Waals surface area contributed by atoms with E-state index in [2.05, 4.69) is 5.32 Å². The van der Waals surface area contributed by atoms with Crippen LogP contribution in [0.4, 0.5) is 0 Å². The number of rotatable bonds is 6. The zero-order valence-corrected chi connectivity index (χ0v) is 14.6. The van der Waals surface area contributed by atoms with E-state index in [4.69, 9.17) is 16.3 Å². The number of halogens is 1. The fourth-order valence-corrected chi connectivity index (χ4v) is 2.25. The van der Waals surface area contributed by atoms with Gasteiger partial charge in [-0.25, -0.2) is 0 Å². The molecule has 0 aliphatic rings. The smallest absolute Gasteiger partial charge is 0.252 e. The number of nitriles is 1. The van der Waals surface area contributed by atoms with Gasteiger partial charge < -0.3 is 10.1 Å². The largest absolute Gasteiger partial charge is 0.488 e. The number of hydrogen-bond acceptors (Lipinski definition) is 4. The van der Waals surface area contributed by atoms with Crippen molar-refractivity contribution in [3.63, 3.8) is 0 Å². The number of carbonyl (C=O) groups is 2. The summed E-state index contributed by atoms with van der Waals surface area (Å²) in [5.74, 6) is -0.0745. The van der Waals surface area contributed by atoms with E-state index in [-0.39, 0.29) is 12.4 Å². The second kappa shape index (κ2) is 7.82. The number of amides is 1. The lowest BCUT2D eigenvalue weighted by atomic mass is 10.0. The van der Waals surface area contributed by atoms with Crippen LogP contribution in [0, 0.1) is 11.3 Å². The fourth-order valence-electron chi connectivity index (χ4n) is 2.06. The predicted octanol–water partition coefficient (Wildman–Crippen LogP) is 3.63. The molecule has 0 aliphatic carbocycles. The summed E-state index contributed by atoms with van der Waals surface area (Å²) in [6.07, 6.45) is 0. The minimum atomic E-state index is -1.24. The van der Waals surface area contributed by atoms with Crippen molar-refractivity contribution in [2.24, 2.45) is 0 Å². The van der Waals surface area contributed by atoms with Gasteiger partial charge >= 0.3 is 0 Å². The van der Waals surface area contributed by atoms with Crippen molar-refractivity contribution in [3.8, 4) is 11.8 Å². The molecule has 0 radical (unpaired) electrons. The first-order valence-electron chi connectivity index (χ1n) is 7.57. The summed E-state index contributed by atoms with van der Waals surface area (Å²) in [6.45, 7) is 2.95. The number of Topliss-reactive ketones (excluding diaryl/α,β-unsaturated/α-hetero) is 1. The molecule has 0 fully saturated rings. The molecule has 128 valence electrons. The molecule has 0 heterocycles. The second-order valence-electron chi connectivity index (χ2n) is 5.75. The minimum absolute atomic E-state index is 0.0650. The van der Waals surface area contributed by atoms with Gasteiger partial charge in [0.25, 0.3) is 5.91 Å². The van der Waals surface area contributed by atoms with E-state index in [0.29, 0.717) is 21.9 Å². The summed E-state index contributed by atoms with van der Waals surface area (Å²) in [7, 11) is 0. The van der Waals surface area contributed by atoms with E-state index in [0.717, 1.165) is 0 Å². The highest BCUT2D eigenvalue weighted by molar-refractivity contribution is 6.32. The predicted molar refractivity (Wildman–Crippen MR) is 94.9 cm³/mol.